The zero-order valence-corrected chi connectivity index (χ0v) is 10.3. The molecular formula is C10H18ClN3O2. The van der Waals surface area contributed by atoms with Gasteiger partial charge in [-0.3, -0.25) is 9.79 Å². The Morgan fingerprint density at radius 1 is 1.62 bits per heavy atom. The second kappa shape index (κ2) is 7.24. The molecule has 0 rings (SSSR count). The van der Waals surface area contributed by atoms with Gasteiger partial charge < -0.3 is 10.8 Å². The molecule has 0 spiro atoms. The summed E-state index contributed by atoms with van der Waals surface area (Å²) in [4.78, 5) is 17.1. The Kier molecular flexibility index (Phi) is 6.76. The molecule has 0 heterocycles. The molecule has 4 N–H and O–H groups in total. The van der Waals surface area contributed by atoms with Crippen LogP contribution in [-0.4, -0.2) is 29.0 Å². The number of amidine groups is 1. The summed E-state index contributed by atoms with van der Waals surface area (Å²) >= 11 is 5.39. The molecule has 6 heteroatoms. The summed E-state index contributed by atoms with van der Waals surface area (Å²) in [5.74, 6) is -0.436. The molecule has 5 nitrogen and oxygen atoms in total. The van der Waals surface area contributed by atoms with Gasteiger partial charge in [-0.25, -0.2) is 4.84 Å². The number of nitrogens with one attached hydrogen (secondary N) is 1. The summed E-state index contributed by atoms with van der Waals surface area (Å²) in [7, 11) is 0. The van der Waals surface area contributed by atoms with Crippen molar-refractivity contribution in [2.45, 2.75) is 32.2 Å². The fraction of sp³-hybridized carbons (Fsp3) is 0.600. The minimum Gasteiger partial charge on any atom is -0.480 e. The summed E-state index contributed by atoms with van der Waals surface area (Å²) in [5, 5.41) is 8.90. The highest BCUT2D eigenvalue weighted by Gasteiger charge is 2.30. The van der Waals surface area contributed by atoms with Crippen molar-refractivity contribution < 1.29 is 9.90 Å². The zero-order chi connectivity index (χ0) is 12.6. The average molecular weight is 248 g/mol. The Balaban J connectivity index is 3.97. The van der Waals surface area contributed by atoms with Crippen molar-refractivity contribution >= 4 is 23.6 Å². The van der Waals surface area contributed by atoms with Gasteiger partial charge in [0.2, 0.25) is 0 Å². The summed E-state index contributed by atoms with van der Waals surface area (Å²) in [6.45, 7) is 3.77. The van der Waals surface area contributed by atoms with E-state index in [9.17, 15) is 4.79 Å². The lowest BCUT2D eigenvalue weighted by molar-refractivity contribution is -0.143. The van der Waals surface area contributed by atoms with Gasteiger partial charge in [0.25, 0.3) is 0 Å². The van der Waals surface area contributed by atoms with Crippen LogP contribution in [0.25, 0.3) is 0 Å². The summed E-state index contributed by atoms with van der Waals surface area (Å²) in [6.07, 6.45) is 4.73. The fourth-order valence-corrected chi connectivity index (χ4v) is 1.13. The van der Waals surface area contributed by atoms with Gasteiger partial charge >= 0.3 is 5.97 Å². The highest BCUT2D eigenvalue weighted by molar-refractivity contribution is 6.15. The van der Waals surface area contributed by atoms with Gasteiger partial charge in [0.1, 0.15) is 5.54 Å². The summed E-state index contributed by atoms with van der Waals surface area (Å²) in [5.41, 5.74) is 4.25. The molecule has 0 aromatic carbocycles. The van der Waals surface area contributed by atoms with Crippen molar-refractivity contribution in [1.29, 1.82) is 0 Å². The maximum atomic E-state index is 10.9. The number of hydrogen-bond donors (Lipinski definition) is 3. The SMILES string of the molecule is CC(N)=NCC=CCCC(C)(NCl)C(=O)O. The van der Waals surface area contributed by atoms with Crippen LogP contribution in [0.1, 0.15) is 26.7 Å². The third kappa shape index (κ3) is 5.72. The Labute approximate surface area is 100 Å². The van der Waals surface area contributed by atoms with Crippen LogP contribution in [-0.2, 0) is 4.79 Å². The molecule has 0 saturated carbocycles. The van der Waals surface area contributed by atoms with Crippen LogP contribution in [0.15, 0.2) is 17.1 Å². The van der Waals surface area contributed by atoms with Gasteiger partial charge in [-0.15, -0.1) is 0 Å². The number of nitrogens with zero attached hydrogens (tertiary/aromatic N) is 1. The standard InChI is InChI=1S/C10H18ClN3O2/c1-8(12)13-7-5-3-4-6-10(2,14-11)9(15)16/h3,5,14H,4,6-7H2,1-2H3,(H2,12,13)(H,15,16). The van der Waals surface area contributed by atoms with Gasteiger partial charge in [-0.05, 0) is 38.5 Å². The molecule has 0 aromatic heterocycles. The van der Waals surface area contributed by atoms with Gasteiger partial charge in [-0.2, -0.15) is 0 Å². The molecule has 1 atom stereocenters. The lowest BCUT2D eigenvalue weighted by Gasteiger charge is -2.21. The zero-order valence-electron chi connectivity index (χ0n) is 9.53. The van der Waals surface area contributed by atoms with Crippen LogP contribution in [0.4, 0.5) is 0 Å². The van der Waals surface area contributed by atoms with Crippen molar-refractivity contribution in [3.05, 3.63) is 12.2 Å². The normalized spacial score (nSPS) is 16.3. The average Bonchev–Trinajstić information content (AvgIpc) is 2.22. The molecule has 0 aliphatic heterocycles. The third-order valence-corrected chi connectivity index (χ3v) is 2.52. The summed E-state index contributed by atoms with van der Waals surface area (Å²) in [6, 6.07) is 0. The molecular weight excluding hydrogens is 230 g/mol. The van der Waals surface area contributed by atoms with Crippen molar-refractivity contribution in [3.63, 3.8) is 0 Å². The van der Waals surface area contributed by atoms with E-state index in [0.29, 0.717) is 25.2 Å². The second-order valence-electron chi connectivity index (χ2n) is 3.72. The lowest BCUT2D eigenvalue weighted by Crippen LogP contribution is -2.44. The number of carboxylic acids is 1. The van der Waals surface area contributed by atoms with Gasteiger partial charge in [0.15, 0.2) is 0 Å². The number of nitrogens with two attached hydrogens (primary N) is 1. The molecule has 0 aromatic rings. The highest BCUT2D eigenvalue weighted by Crippen LogP contribution is 2.13. The van der Waals surface area contributed by atoms with Crippen LogP contribution in [0.3, 0.4) is 0 Å². The van der Waals surface area contributed by atoms with Crippen molar-refractivity contribution in [2.75, 3.05) is 6.54 Å². The fourth-order valence-electron chi connectivity index (χ4n) is 0.956. The molecule has 0 fully saturated rings. The quantitative estimate of drug-likeness (QED) is 0.274. The van der Waals surface area contributed by atoms with E-state index in [0.717, 1.165) is 0 Å². The molecule has 16 heavy (non-hydrogen) atoms. The predicted octanol–water partition coefficient (Wildman–Crippen LogP) is 1.29. The van der Waals surface area contributed by atoms with E-state index in [2.05, 4.69) is 9.83 Å². The number of carbonyl (C=O) groups is 1. The summed E-state index contributed by atoms with van der Waals surface area (Å²) < 4.78 is 0. The topological polar surface area (TPSA) is 87.7 Å². The Morgan fingerprint density at radius 2 is 2.25 bits per heavy atom. The first-order chi connectivity index (χ1) is 7.42. The number of aliphatic carboxylic acids is 1. The van der Waals surface area contributed by atoms with E-state index in [1.807, 2.05) is 12.2 Å². The maximum absolute atomic E-state index is 10.9. The number of aliphatic imine (C=N–C) groups is 1. The van der Waals surface area contributed by atoms with Crippen molar-refractivity contribution in [2.24, 2.45) is 10.7 Å². The van der Waals surface area contributed by atoms with E-state index in [1.165, 1.54) is 0 Å². The monoisotopic (exact) mass is 247 g/mol. The van der Waals surface area contributed by atoms with Crippen LogP contribution < -0.4 is 10.6 Å². The highest BCUT2D eigenvalue weighted by atomic mass is 35.5. The van der Waals surface area contributed by atoms with E-state index >= 15 is 0 Å². The number of halogens is 1. The molecule has 92 valence electrons. The first kappa shape index (κ1) is 14.9. The predicted molar refractivity (Wildman–Crippen MR) is 65.6 cm³/mol. The van der Waals surface area contributed by atoms with Gasteiger partial charge in [-0.1, -0.05) is 12.2 Å². The van der Waals surface area contributed by atoms with Crippen molar-refractivity contribution in [1.82, 2.24) is 4.84 Å². The second-order valence-corrected chi connectivity index (χ2v) is 3.91. The van der Waals surface area contributed by atoms with Gasteiger partial charge in [0, 0.05) is 0 Å². The number of rotatable bonds is 7. The maximum Gasteiger partial charge on any atom is 0.324 e. The molecule has 0 aliphatic rings. The lowest BCUT2D eigenvalue weighted by atomic mass is 9.97. The molecule has 0 bridgehead atoms. The van der Waals surface area contributed by atoms with Crippen LogP contribution in [0.2, 0.25) is 0 Å². The number of hydrogen-bond acceptors (Lipinski definition) is 3. The van der Waals surface area contributed by atoms with Crippen LogP contribution in [0.5, 0.6) is 0 Å². The van der Waals surface area contributed by atoms with E-state index in [1.54, 1.807) is 13.8 Å². The Bertz CT molecular complexity index is 288. The molecule has 0 aliphatic carbocycles. The van der Waals surface area contributed by atoms with Crippen LogP contribution >= 0.6 is 11.8 Å². The molecule has 0 amide bonds. The number of allylic oxidation sites excluding steroid dienone is 1. The largest absolute Gasteiger partial charge is 0.480 e. The molecule has 0 saturated heterocycles. The van der Waals surface area contributed by atoms with Crippen LogP contribution in [0, 0.1) is 0 Å². The van der Waals surface area contributed by atoms with E-state index in [-0.39, 0.29) is 0 Å². The minimum atomic E-state index is -1.10. The van der Waals surface area contributed by atoms with Gasteiger partial charge in [0.05, 0.1) is 12.4 Å². The third-order valence-electron chi connectivity index (χ3n) is 2.10. The molecule has 1 unspecified atom stereocenters. The number of carboxylic acid groups (broad SMARTS) is 1. The Hall–Kier alpha value is -1.07. The van der Waals surface area contributed by atoms with E-state index < -0.39 is 11.5 Å². The molecule has 0 radical (unpaired) electrons. The van der Waals surface area contributed by atoms with Crippen molar-refractivity contribution in [3.8, 4) is 0 Å². The Morgan fingerprint density at radius 3 is 2.69 bits per heavy atom. The first-order valence-corrected chi connectivity index (χ1v) is 5.33. The smallest absolute Gasteiger partial charge is 0.324 e. The van der Waals surface area contributed by atoms with E-state index in [4.69, 9.17) is 22.6 Å². The minimum absolute atomic E-state index is 0.410. The first-order valence-electron chi connectivity index (χ1n) is 4.95.